The summed E-state index contributed by atoms with van der Waals surface area (Å²) in [5, 5.41) is 0.789. The topological polar surface area (TPSA) is 28.0 Å². The van der Waals surface area contributed by atoms with Crippen LogP contribution in [0.5, 0.6) is 0 Å². The molecule has 2 aliphatic rings. The van der Waals surface area contributed by atoms with Crippen LogP contribution in [0.4, 0.5) is 5.69 Å². The normalized spacial score (nSPS) is 26.0. The molecule has 2 heterocycles. The molecule has 1 aromatic carbocycles. The zero-order valence-corrected chi connectivity index (χ0v) is 17.4. The first-order valence-corrected chi connectivity index (χ1v) is 10.4. The zero-order chi connectivity index (χ0) is 18.8. The highest BCUT2D eigenvalue weighted by Gasteiger charge is 2.35. The molecule has 26 heavy (non-hydrogen) atoms. The number of hydrogen-bond donors (Lipinski definition) is 1. The van der Waals surface area contributed by atoms with E-state index in [0.717, 1.165) is 44.3 Å². The number of carbonyl (C=O) groups excluding carboxylic acids is 1. The summed E-state index contributed by atoms with van der Waals surface area (Å²) in [6.07, 6.45) is 1.24. The molecule has 0 aromatic heterocycles. The van der Waals surface area contributed by atoms with Crippen molar-refractivity contribution in [2.75, 3.05) is 44.2 Å². The Morgan fingerprint density at radius 2 is 1.81 bits per heavy atom. The van der Waals surface area contributed by atoms with Crippen LogP contribution in [0, 0.1) is 18.8 Å². The number of benzene rings is 1. The van der Waals surface area contributed by atoms with Gasteiger partial charge in [0.1, 0.15) is 0 Å². The Hall–Kier alpha value is -1.26. The minimum Gasteiger partial charge on any atom is -0.360 e. The van der Waals surface area contributed by atoms with E-state index in [4.69, 9.17) is 11.6 Å². The summed E-state index contributed by atoms with van der Waals surface area (Å²) >= 11 is 6.18. The molecule has 0 unspecified atom stereocenters. The smallest absolute Gasteiger partial charge is 0.280 e. The maximum Gasteiger partial charge on any atom is 0.280 e. The number of piperazine rings is 1. The van der Waals surface area contributed by atoms with Crippen LogP contribution < -0.4 is 9.80 Å². The Balaban J connectivity index is 1.58. The third kappa shape index (κ3) is 4.34. The largest absolute Gasteiger partial charge is 0.360 e. The van der Waals surface area contributed by atoms with Crippen LogP contribution >= 0.6 is 11.6 Å². The van der Waals surface area contributed by atoms with Crippen LogP contribution in [-0.2, 0) is 4.79 Å². The third-order valence-electron chi connectivity index (χ3n) is 6.08. The third-order valence-corrected chi connectivity index (χ3v) is 6.32. The van der Waals surface area contributed by atoms with Crippen molar-refractivity contribution in [2.45, 2.75) is 40.2 Å². The molecule has 2 aliphatic heterocycles. The summed E-state index contributed by atoms with van der Waals surface area (Å²) in [6.45, 7) is 14.6. The van der Waals surface area contributed by atoms with E-state index >= 15 is 0 Å². The van der Waals surface area contributed by atoms with Gasteiger partial charge in [-0.1, -0.05) is 31.5 Å². The molecule has 1 amide bonds. The van der Waals surface area contributed by atoms with Crippen molar-refractivity contribution in [3.63, 3.8) is 0 Å². The van der Waals surface area contributed by atoms with Crippen LogP contribution in [0.2, 0.25) is 5.02 Å². The van der Waals surface area contributed by atoms with Crippen molar-refractivity contribution in [1.29, 1.82) is 0 Å². The summed E-state index contributed by atoms with van der Waals surface area (Å²) in [7, 11) is 0. The summed E-state index contributed by atoms with van der Waals surface area (Å²) in [5.41, 5.74) is 2.49. The van der Waals surface area contributed by atoms with Crippen LogP contribution in [0.15, 0.2) is 18.2 Å². The van der Waals surface area contributed by atoms with Gasteiger partial charge in [-0.3, -0.25) is 4.79 Å². The van der Waals surface area contributed by atoms with Gasteiger partial charge in [-0.2, -0.15) is 0 Å². The fraction of sp³-hybridized carbons (Fsp3) is 0.667. The molecule has 3 rings (SSSR count). The van der Waals surface area contributed by atoms with E-state index in [1.807, 2.05) is 6.07 Å². The van der Waals surface area contributed by atoms with Gasteiger partial charge in [0, 0.05) is 23.8 Å². The SMILES string of the molecule is Cc1ccc(Cl)cc1N1CC[NH+]([C@H](C)C(=O)N2C[C@@H](C)C[C@H](C)C2)CC1. The van der Waals surface area contributed by atoms with Gasteiger partial charge >= 0.3 is 0 Å². The number of carbonyl (C=O) groups is 1. The number of rotatable bonds is 3. The first-order chi connectivity index (χ1) is 12.3. The van der Waals surface area contributed by atoms with Gasteiger partial charge in [0.05, 0.1) is 26.2 Å². The fourth-order valence-electron chi connectivity index (χ4n) is 4.68. The van der Waals surface area contributed by atoms with Crippen LogP contribution in [0.3, 0.4) is 0 Å². The van der Waals surface area contributed by atoms with E-state index in [1.165, 1.54) is 22.6 Å². The summed E-state index contributed by atoms with van der Waals surface area (Å²) in [6, 6.07) is 6.15. The van der Waals surface area contributed by atoms with E-state index in [2.05, 4.69) is 49.6 Å². The molecule has 4 nitrogen and oxygen atoms in total. The predicted molar refractivity (Wildman–Crippen MR) is 108 cm³/mol. The lowest BCUT2D eigenvalue weighted by Gasteiger charge is -2.40. The van der Waals surface area contributed by atoms with Crippen LogP contribution in [0.1, 0.15) is 32.8 Å². The quantitative estimate of drug-likeness (QED) is 0.873. The summed E-state index contributed by atoms with van der Waals surface area (Å²) < 4.78 is 0. The highest BCUT2D eigenvalue weighted by atomic mass is 35.5. The minimum atomic E-state index is 0.0510. The first-order valence-electron chi connectivity index (χ1n) is 9.99. The second-order valence-corrected chi connectivity index (χ2v) is 8.92. The lowest BCUT2D eigenvalue weighted by molar-refractivity contribution is -0.915. The number of nitrogens with zero attached hydrogens (tertiary/aromatic N) is 2. The highest BCUT2D eigenvalue weighted by Crippen LogP contribution is 2.24. The fourth-order valence-corrected chi connectivity index (χ4v) is 4.85. The van der Waals surface area contributed by atoms with Gasteiger partial charge < -0.3 is 14.7 Å². The molecule has 2 saturated heterocycles. The standard InChI is InChI=1S/C21H32ClN3O/c1-15-11-16(2)14-25(13-15)21(26)18(4)23-7-9-24(10-8-23)20-12-19(22)6-5-17(20)3/h5-6,12,15-16,18H,7-11,13-14H2,1-4H3/p+1/t15-,16-,18+/m0/s1. The Bertz CT molecular complexity index is 632. The molecular weight excluding hydrogens is 346 g/mol. The van der Waals surface area contributed by atoms with Gasteiger partial charge in [0.25, 0.3) is 5.91 Å². The molecule has 0 bridgehead atoms. The van der Waals surface area contributed by atoms with Gasteiger partial charge in [0.2, 0.25) is 0 Å². The minimum absolute atomic E-state index is 0.0510. The van der Waals surface area contributed by atoms with Crippen molar-refractivity contribution < 1.29 is 9.69 Å². The molecule has 0 saturated carbocycles. The van der Waals surface area contributed by atoms with E-state index in [1.54, 1.807) is 0 Å². The monoisotopic (exact) mass is 378 g/mol. The van der Waals surface area contributed by atoms with E-state index in [-0.39, 0.29) is 6.04 Å². The molecular formula is C21H33ClN3O+. The maximum absolute atomic E-state index is 13.0. The molecule has 0 radical (unpaired) electrons. The molecule has 5 heteroatoms. The number of halogens is 1. The first kappa shape index (κ1) is 19.5. The van der Waals surface area contributed by atoms with E-state index < -0.39 is 0 Å². The number of anilines is 1. The second-order valence-electron chi connectivity index (χ2n) is 8.49. The Kier molecular flexibility index (Phi) is 6.13. The molecule has 0 aliphatic carbocycles. The van der Waals surface area contributed by atoms with Gasteiger partial charge in [-0.05, 0) is 49.8 Å². The van der Waals surface area contributed by atoms with Crippen molar-refractivity contribution in [3.8, 4) is 0 Å². The van der Waals surface area contributed by atoms with Gasteiger partial charge in [0.15, 0.2) is 6.04 Å². The lowest BCUT2D eigenvalue weighted by atomic mass is 9.91. The van der Waals surface area contributed by atoms with Crippen LogP contribution in [-0.4, -0.2) is 56.1 Å². The van der Waals surface area contributed by atoms with Crippen molar-refractivity contribution in [3.05, 3.63) is 28.8 Å². The molecule has 3 atom stereocenters. The Morgan fingerprint density at radius 3 is 2.42 bits per heavy atom. The average Bonchev–Trinajstić information content (AvgIpc) is 2.62. The number of quaternary nitrogens is 1. The van der Waals surface area contributed by atoms with Crippen molar-refractivity contribution >= 4 is 23.2 Å². The molecule has 2 fully saturated rings. The van der Waals surface area contributed by atoms with E-state index in [0.29, 0.717) is 17.7 Å². The maximum atomic E-state index is 13.0. The van der Waals surface area contributed by atoms with Crippen LogP contribution in [0.25, 0.3) is 0 Å². The second kappa shape index (κ2) is 8.18. The Morgan fingerprint density at radius 1 is 1.19 bits per heavy atom. The number of piperidine rings is 1. The Labute approximate surface area is 163 Å². The van der Waals surface area contributed by atoms with Crippen molar-refractivity contribution in [2.24, 2.45) is 11.8 Å². The predicted octanol–water partition coefficient (Wildman–Crippen LogP) is 2.25. The number of amides is 1. The number of likely N-dealkylation sites (tertiary alicyclic amines) is 1. The molecule has 0 spiro atoms. The number of aryl methyl sites for hydroxylation is 1. The zero-order valence-electron chi connectivity index (χ0n) is 16.6. The van der Waals surface area contributed by atoms with E-state index in [9.17, 15) is 4.79 Å². The highest BCUT2D eigenvalue weighted by molar-refractivity contribution is 6.30. The molecule has 1 N–H and O–H groups in total. The van der Waals surface area contributed by atoms with Gasteiger partial charge in [-0.25, -0.2) is 0 Å². The summed E-state index contributed by atoms with van der Waals surface area (Å²) in [4.78, 5) is 19.0. The summed E-state index contributed by atoms with van der Waals surface area (Å²) in [5.74, 6) is 1.57. The van der Waals surface area contributed by atoms with Crippen molar-refractivity contribution in [1.82, 2.24) is 4.90 Å². The van der Waals surface area contributed by atoms with Gasteiger partial charge in [-0.15, -0.1) is 0 Å². The number of hydrogen-bond acceptors (Lipinski definition) is 2. The average molecular weight is 379 g/mol. The lowest BCUT2D eigenvalue weighted by Crippen LogP contribution is -3.19. The molecule has 144 valence electrons. The number of nitrogens with one attached hydrogen (secondary N) is 1. The molecule has 1 aromatic rings.